The normalized spacial score (nSPS) is 17.0. The van der Waals surface area contributed by atoms with Crippen LogP contribution < -0.4 is 13.9 Å². The molecule has 9 nitrogen and oxygen atoms in total. The number of imidazole rings is 3. The fourth-order valence-electron chi connectivity index (χ4n) is 10.0. The third-order valence-corrected chi connectivity index (χ3v) is 12.1. The number of rotatable bonds is 0. The summed E-state index contributed by atoms with van der Waals surface area (Å²) in [6.07, 6.45) is 2.32. The second-order valence-corrected chi connectivity index (χ2v) is 15.6. The van der Waals surface area contributed by atoms with E-state index in [0.29, 0.717) is 0 Å². The number of fused-ring (bicyclic) bond motifs is 13. The molecule has 0 aliphatic carbocycles. The van der Waals surface area contributed by atoms with Crippen molar-refractivity contribution in [3.05, 3.63) is 132 Å². The van der Waals surface area contributed by atoms with E-state index in [9.17, 15) is 0 Å². The molecule has 0 radical (unpaired) electrons. The molecule has 9 heteroatoms. The predicted octanol–water partition coefficient (Wildman–Crippen LogP) is 7.69. The van der Waals surface area contributed by atoms with Gasteiger partial charge in [-0.05, 0) is 77.7 Å². The summed E-state index contributed by atoms with van der Waals surface area (Å²) in [5.74, 6) is 5.46. The quantitative estimate of drug-likeness (QED) is 0.155. The van der Waals surface area contributed by atoms with Gasteiger partial charge in [0.2, 0.25) is 0 Å². The van der Waals surface area contributed by atoms with Gasteiger partial charge < -0.3 is 4.74 Å². The summed E-state index contributed by atoms with van der Waals surface area (Å²) in [5, 5.41) is 2.43. The molecule has 14 rings (SSSR count). The molecule has 1 unspecified atom stereocenters. The number of pyridine rings is 1. The maximum Gasteiger partial charge on any atom is 0.385 e. The maximum absolute atomic E-state index is 7.07. The summed E-state index contributed by atoms with van der Waals surface area (Å²) < 4.78 is 21.5. The fourth-order valence-corrected chi connectivity index (χ4v) is 10.0. The zero-order valence-electron chi connectivity index (χ0n) is 28.5. The lowest BCUT2D eigenvalue weighted by atomic mass is 9.81. The third kappa shape index (κ3) is 2.52. The van der Waals surface area contributed by atoms with Crippen LogP contribution in [0, 0.1) is 0 Å². The van der Waals surface area contributed by atoms with Crippen molar-refractivity contribution < 1.29 is 13.9 Å². The van der Waals surface area contributed by atoms with Gasteiger partial charge in [0.1, 0.15) is 44.7 Å². The van der Waals surface area contributed by atoms with E-state index in [1.54, 1.807) is 0 Å². The average molecular weight is 673 g/mol. The molecular formula is C43H28N8O+2. The molecule has 0 N–H and O–H groups in total. The van der Waals surface area contributed by atoms with Crippen LogP contribution in [0.25, 0.3) is 78.1 Å². The topological polar surface area (TPSA) is 60.9 Å². The van der Waals surface area contributed by atoms with Crippen molar-refractivity contribution in [2.45, 2.75) is 31.8 Å². The third-order valence-electron chi connectivity index (χ3n) is 12.1. The minimum absolute atomic E-state index is 0.0629. The largest absolute Gasteiger partial charge is 0.456 e. The van der Waals surface area contributed by atoms with Gasteiger partial charge in [-0.1, -0.05) is 57.2 Å². The highest BCUT2D eigenvalue weighted by Crippen LogP contribution is 2.55. The standard InChI is InChI=1S/C43H28N8O/c1-42(2,3)23-20-21-46-34(22-23)47-28-12-6-4-10-24(28)25-16-18-32-35(37(25)47)43(46)36-33(52-32)19-17-27-38(36)50-40(45-27)48-29-13-7-5-11-26(29)44-39(48)49-30-14-8-9-15-31(30)51(43)41(49)50/h4-22H,1-3H3/q+2. The van der Waals surface area contributed by atoms with Crippen molar-refractivity contribution >= 4 is 72.2 Å². The second kappa shape index (κ2) is 7.92. The van der Waals surface area contributed by atoms with E-state index < -0.39 is 5.66 Å². The molecule has 1 atom stereocenters. The Morgan fingerprint density at radius 2 is 1.35 bits per heavy atom. The first-order valence-electron chi connectivity index (χ1n) is 17.9. The van der Waals surface area contributed by atoms with Gasteiger partial charge in [-0.25, -0.2) is 4.40 Å². The summed E-state index contributed by atoms with van der Waals surface area (Å²) in [5.41, 5.74) is 11.0. The van der Waals surface area contributed by atoms with Gasteiger partial charge in [0, 0.05) is 16.8 Å². The molecule has 6 aromatic heterocycles. The second-order valence-electron chi connectivity index (χ2n) is 15.6. The number of nitrogens with zero attached hydrogens (tertiary/aromatic N) is 8. The van der Waals surface area contributed by atoms with Crippen LogP contribution in [0.3, 0.4) is 0 Å². The highest BCUT2D eigenvalue weighted by Gasteiger charge is 2.64. The Bertz CT molecular complexity index is 3550. The van der Waals surface area contributed by atoms with E-state index in [4.69, 9.17) is 14.7 Å². The Balaban J connectivity index is 1.34. The molecule has 0 bridgehead atoms. The zero-order valence-corrected chi connectivity index (χ0v) is 28.5. The highest BCUT2D eigenvalue weighted by atomic mass is 16.5. The fraction of sp³-hybridized carbons (Fsp3) is 0.116. The summed E-state index contributed by atoms with van der Waals surface area (Å²) in [7, 11) is 0. The number of aromatic nitrogens is 8. The molecule has 244 valence electrons. The first kappa shape index (κ1) is 26.1. The number of hydrogen-bond acceptors (Lipinski definition) is 3. The molecule has 11 aromatic rings. The van der Waals surface area contributed by atoms with Gasteiger partial charge in [0.15, 0.2) is 11.0 Å². The molecular weight excluding hydrogens is 645 g/mol. The molecule has 3 aliphatic heterocycles. The number of hydrogen-bond donors (Lipinski definition) is 0. The van der Waals surface area contributed by atoms with Gasteiger partial charge >= 0.3 is 11.4 Å². The Morgan fingerprint density at radius 3 is 2.21 bits per heavy atom. The maximum atomic E-state index is 7.07. The Kier molecular flexibility index (Phi) is 3.98. The van der Waals surface area contributed by atoms with Crippen molar-refractivity contribution in [1.29, 1.82) is 0 Å². The molecule has 0 saturated heterocycles. The van der Waals surface area contributed by atoms with E-state index in [1.807, 2.05) is 0 Å². The molecule has 0 saturated carbocycles. The average Bonchev–Trinajstić information content (AvgIpc) is 3.91. The lowest BCUT2D eigenvalue weighted by molar-refractivity contribution is -0.951. The molecule has 0 amide bonds. The van der Waals surface area contributed by atoms with Gasteiger partial charge in [0.05, 0.1) is 17.2 Å². The van der Waals surface area contributed by atoms with Gasteiger partial charge in [-0.15, -0.1) is 0 Å². The zero-order chi connectivity index (χ0) is 34.0. The Hall–Kier alpha value is -6.74. The first-order chi connectivity index (χ1) is 25.4. The number of benzene rings is 5. The van der Waals surface area contributed by atoms with Gasteiger partial charge in [-0.3, -0.25) is 0 Å². The van der Waals surface area contributed by atoms with Crippen LogP contribution in [0.15, 0.2) is 115 Å². The molecule has 9 heterocycles. The SMILES string of the molecule is CC(C)(C)c1cc[n+]2c(c1)-n1c3ccccc3c3ccc4c(c31)C21c2c(ccc3nc5n6c7ccccc7nc6n6c7ccccc7[n+]1c6n5c23)O4. The van der Waals surface area contributed by atoms with Crippen LogP contribution in [-0.4, -0.2) is 27.7 Å². The minimum atomic E-state index is -0.875. The lowest BCUT2D eigenvalue weighted by Gasteiger charge is -2.40. The molecule has 1 spiro atoms. The van der Waals surface area contributed by atoms with E-state index in [0.717, 1.165) is 78.9 Å². The van der Waals surface area contributed by atoms with Gasteiger partial charge in [0.25, 0.3) is 17.4 Å². The summed E-state index contributed by atoms with van der Waals surface area (Å²) in [6.45, 7) is 6.88. The van der Waals surface area contributed by atoms with Crippen LogP contribution in [0.2, 0.25) is 0 Å². The van der Waals surface area contributed by atoms with Crippen LogP contribution in [-0.2, 0) is 11.1 Å². The molecule has 0 fully saturated rings. The lowest BCUT2D eigenvalue weighted by Crippen LogP contribution is -2.78. The monoisotopic (exact) mass is 672 g/mol. The van der Waals surface area contributed by atoms with Crippen molar-refractivity contribution in [1.82, 2.24) is 27.7 Å². The first-order valence-corrected chi connectivity index (χ1v) is 17.9. The van der Waals surface area contributed by atoms with Crippen molar-refractivity contribution in [2.75, 3.05) is 0 Å². The van der Waals surface area contributed by atoms with Crippen molar-refractivity contribution in [3.8, 4) is 17.3 Å². The van der Waals surface area contributed by atoms with E-state index in [1.165, 1.54) is 27.4 Å². The number of ether oxygens (including phenoxy) is 1. The van der Waals surface area contributed by atoms with Crippen LogP contribution >= 0.6 is 0 Å². The van der Waals surface area contributed by atoms with Crippen LogP contribution in [0.4, 0.5) is 0 Å². The van der Waals surface area contributed by atoms with Gasteiger partial charge in [-0.2, -0.15) is 32.5 Å². The highest BCUT2D eigenvalue weighted by molar-refractivity contribution is 6.12. The van der Waals surface area contributed by atoms with Crippen molar-refractivity contribution in [2.24, 2.45) is 0 Å². The number of para-hydroxylation sites is 5. The minimum Gasteiger partial charge on any atom is -0.456 e. The predicted molar refractivity (Wildman–Crippen MR) is 199 cm³/mol. The Labute approximate surface area is 294 Å². The van der Waals surface area contributed by atoms with E-state index in [2.05, 4.69) is 163 Å². The summed E-state index contributed by atoms with van der Waals surface area (Å²) in [4.78, 5) is 10.8. The van der Waals surface area contributed by atoms with E-state index >= 15 is 0 Å². The smallest absolute Gasteiger partial charge is 0.385 e. The molecule has 3 aliphatic rings. The summed E-state index contributed by atoms with van der Waals surface area (Å²) in [6, 6.07) is 39.3. The van der Waals surface area contributed by atoms with E-state index in [-0.39, 0.29) is 5.41 Å². The van der Waals surface area contributed by atoms with Crippen LogP contribution in [0.1, 0.15) is 37.5 Å². The summed E-state index contributed by atoms with van der Waals surface area (Å²) >= 11 is 0. The molecule has 5 aromatic carbocycles. The molecule has 52 heavy (non-hydrogen) atoms. The van der Waals surface area contributed by atoms with Crippen LogP contribution in [0.5, 0.6) is 11.5 Å². The van der Waals surface area contributed by atoms with Crippen molar-refractivity contribution in [3.63, 3.8) is 0 Å². The Morgan fingerprint density at radius 1 is 0.635 bits per heavy atom.